The van der Waals surface area contributed by atoms with Gasteiger partial charge in [0.05, 0.1) is 10.0 Å². The summed E-state index contributed by atoms with van der Waals surface area (Å²) in [4.78, 5) is 16.1. The van der Waals surface area contributed by atoms with Crippen molar-refractivity contribution in [2.24, 2.45) is 0 Å². The van der Waals surface area contributed by atoms with Gasteiger partial charge >= 0.3 is 0 Å². The summed E-state index contributed by atoms with van der Waals surface area (Å²) in [6.07, 6.45) is 0.674. The zero-order valence-corrected chi connectivity index (χ0v) is 16.6. The lowest BCUT2D eigenvalue weighted by Gasteiger charge is -2.07. The van der Waals surface area contributed by atoms with Gasteiger partial charge in [-0.2, -0.15) is 0 Å². The second-order valence-electron chi connectivity index (χ2n) is 6.45. The summed E-state index contributed by atoms with van der Waals surface area (Å²) in [5.74, 6) is 0.134. The van der Waals surface area contributed by atoms with Crippen LogP contribution in [0.5, 0.6) is 0 Å². The van der Waals surface area contributed by atoms with Crippen molar-refractivity contribution in [2.75, 3.05) is 6.54 Å². The maximum atomic E-state index is 12.8. The molecule has 2 N–H and O–H groups in total. The van der Waals surface area contributed by atoms with E-state index < -0.39 is 0 Å². The van der Waals surface area contributed by atoms with E-state index in [1.165, 1.54) is 0 Å². The Labute approximate surface area is 171 Å². The zero-order valence-electron chi connectivity index (χ0n) is 15.1. The first-order valence-corrected chi connectivity index (χ1v) is 9.55. The molecule has 0 atom stereocenters. The van der Waals surface area contributed by atoms with E-state index in [0.29, 0.717) is 45.6 Å². The predicted octanol–water partition coefficient (Wildman–Crippen LogP) is 5.41. The number of rotatable bonds is 5. The molecule has 5 nitrogen and oxygen atoms in total. The van der Waals surface area contributed by atoms with E-state index in [9.17, 15) is 4.79 Å². The molecule has 2 aromatic heterocycles. The first-order valence-electron chi connectivity index (χ1n) is 8.80. The van der Waals surface area contributed by atoms with Crippen molar-refractivity contribution in [3.05, 3.63) is 75.6 Å². The minimum atomic E-state index is -0.277. The molecule has 28 heavy (non-hydrogen) atoms. The van der Waals surface area contributed by atoms with Crippen LogP contribution >= 0.6 is 23.2 Å². The minimum Gasteiger partial charge on any atom is -0.360 e. The Hall–Kier alpha value is -2.76. The van der Waals surface area contributed by atoms with Crippen LogP contribution in [0.1, 0.15) is 21.8 Å². The molecule has 4 rings (SSSR count). The summed E-state index contributed by atoms with van der Waals surface area (Å²) in [6.45, 7) is 2.15. The molecule has 0 spiro atoms. The number of H-pyrrole nitrogens is 1. The molecular weight excluding hydrogens is 397 g/mol. The summed E-state index contributed by atoms with van der Waals surface area (Å²) in [7, 11) is 0. The summed E-state index contributed by atoms with van der Waals surface area (Å²) in [5.41, 5.74) is 3.30. The molecule has 0 fully saturated rings. The highest BCUT2D eigenvalue weighted by Crippen LogP contribution is 2.36. The molecule has 0 saturated heterocycles. The lowest BCUT2D eigenvalue weighted by molar-refractivity contribution is 0.0953. The molecule has 1 amide bonds. The van der Waals surface area contributed by atoms with Gasteiger partial charge in [0.1, 0.15) is 17.0 Å². The number of benzene rings is 2. The average molecular weight is 414 g/mol. The third kappa shape index (κ3) is 3.51. The van der Waals surface area contributed by atoms with Crippen LogP contribution in [0.3, 0.4) is 0 Å². The lowest BCUT2D eigenvalue weighted by atomic mass is 10.1. The normalized spacial score (nSPS) is 11.1. The van der Waals surface area contributed by atoms with E-state index in [4.69, 9.17) is 27.7 Å². The first-order chi connectivity index (χ1) is 13.5. The third-order valence-corrected chi connectivity index (χ3v) is 5.18. The fourth-order valence-electron chi connectivity index (χ4n) is 3.20. The quantitative estimate of drug-likeness (QED) is 0.459. The van der Waals surface area contributed by atoms with Gasteiger partial charge in [-0.15, -0.1) is 0 Å². The SMILES string of the molecule is Cc1onc(-c2c(Cl)cccc2Cl)c1C(=O)NCCc1cc2ccccc2[nH]1. The summed E-state index contributed by atoms with van der Waals surface area (Å²) in [5, 5.41) is 8.90. The Kier molecular flexibility index (Phi) is 5.11. The minimum absolute atomic E-state index is 0.277. The van der Waals surface area contributed by atoms with Crippen molar-refractivity contribution >= 4 is 40.0 Å². The number of nitrogens with one attached hydrogen (secondary N) is 2. The van der Waals surface area contributed by atoms with Crippen molar-refractivity contribution in [3.8, 4) is 11.3 Å². The highest BCUT2D eigenvalue weighted by atomic mass is 35.5. The van der Waals surface area contributed by atoms with Gasteiger partial charge < -0.3 is 14.8 Å². The van der Waals surface area contributed by atoms with Gasteiger partial charge in [0.25, 0.3) is 5.91 Å². The van der Waals surface area contributed by atoms with Gasteiger partial charge in [-0.05, 0) is 36.6 Å². The van der Waals surface area contributed by atoms with Crippen LogP contribution in [0.25, 0.3) is 22.2 Å². The van der Waals surface area contributed by atoms with Crippen LogP contribution in [-0.4, -0.2) is 22.6 Å². The van der Waals surface area contributed by atoms with Crippen molar-refractivity contribution in [1.82, 2.24) is 15.5 Å². The van der Waals surface area contributed by atoms with Crippen molar-refractivity contribution in [1.29, 1.82) is 0 Å². The number of para-hydroxylation sites is 1. The number of carbonyl (C=O) groups is 1. The number of nitrogens with zero attached hydrogens (tertiary/aromatic N) is 1. The molecule has 2 heterocycles. The Morgan fingerprint density at radius 3 is 2.64 bits per heavy atom. The fraction of sp³-hybridized carbons (Fsp3) is 0.143. The smallest absolute Gasteiger partial charge is 0.257 e. The van der Waals surface area contributed by atoms with Crippen molar-refractivity contribution < 1.29 is 9.32 Å². The molecule has 0 bridgehead atoms. The standard InChI is InChI=1S/C21H17Cl2N3O2/c1-12-18(20(26-28-12)19-15(22)6-4-7-16(19)23)21(27)24-10-9-14-11-13-5-2-3-8-17(13)25-14/h2-8,11,25H,9-10H2,1H3,(H,24,27). The number of hydrogen-bond acceptors (Lipinski definition) is 3. The van der Waals surface area contributed by atoms with E-state index >= 15 is 0 Å². The number of amides is 1. The average Bonchev–Trinajstić information content (AvgIpc) is 3.24. The molecule has 0 saturated carbocycles. The van der Waals surface area contributed by atoms with E-state index in [-0.39, 0.29) is 5.91 Å². The molecule has 0 radical (unpaired) electrons. The van der Waals surface area contributed by atoms with Crippen LogP contribution in [0.15, 0.2) is 53.1 Å². The summed E-state index contributed by atoms with van der Waals surface area (Å²) in [6, 6.07) is 15.3. The van der Waals surface area contributed by atoms with Gasteiger partial charge in [0, 0.05) is 29.7 Å². The van der Waals surface area contributed by atoms with E-state index in [1.54, 1.807) is 25.1 Å². The number of fused-ring (bicyclic) bond motifs is 1. The largest absolute Gasteiger partial charge is 0.360 e. The molecular formula is C21H17Cl2N3O2. The van der Waals surface area contributed by atoms with Gasteiger partial charge in [-0.3, -0.25) is 4.79 Å². The number of hydrogen-bond donors (Lipinski definition) is 2. The Bertz CT molecular complexity index is 1110. The van der Waals surface area contributed by atoms with E-state index in [0.717, 1.165) is 16.6 Å². The van der Waals surface area contributed by atoms with E-state index in [1.807, 2.05) is 24.3 Å². The topological polar surface area (TPSA) is 70.9 Å². The Balaban J connectivity index is 1.52. The molecule has 0 aliphatic carbocycles. The van der Waals surface area contributed by atoms with Crippen LogP contribution < -0.4 is 5.32 Å². The Morgan fingerprint density at radius 1 is 1.14 bits per heavy atom. The highest BCUT2D eigenvalue weighted by Gasteiger charge is 2.24. The van der Waals surface area contributed by atoms with Gasteiger partial charge in [-0.25, -0.2) is 0 Å². The molecule has 0 unspecified atom stereocenters. The van der Waals surface area contributed by atoms with Gasteiger partial charge in [-0.1, -0.05) is 52.6 Å². The lowest BCUT2D eigenvalue weighted by Crippen LogP contribution is -2.26. The number of aromatic amines is 1. The number of halogens is 2. The Morgan fingerprint density at radius 2 is 1.89 bits per heavy atom. The van der Waals surface area contributed by atoms with Crippen molar-refractivity contribution in [3.63, 3.8) is 0 Å². The molecule has 142 valence electrons. The maximum absolute atomic E-state index is 12.8. The molecule has 0 aliphatic rings. The van der Waals surface area contributed by atoms with Crippen LogP contribution in [-0.2, 0) is 6.42 Å². The van der Waals surface area contributed by atoms with Gasteiger partial charge in [0.2, 0.25) is 0 Å². The maximum Gasteiger partial charge on any atom is 0.257 e. The van der Waals surface area contributed by atoms with Crippen LogP contribution in [0.2, 0.25) is 10.0 Å². The van der Waals surface area contributed by atoms with Gasteiger partial charge in [0.15, 0.2) is 0 Å². The molecule has 7 heteroatoms. The monoisotopic (exact) mass is 413 g/mol. The third-order valence-electron chi connectivity index (χ3n) is 4.55. The second-order valence-corrected chi connectivity index (χ2v) is 7.26. The van der Waals surface area contributed by atoms with Crippen LogP contribution in [0.4, 0.5) is 0 Å². The molecule has 4 aromatic rings. The fourth-order valence-corrected chi connectivity index (χ4v) is 3.78. The van der Waals surface area contributed by atoms with Crippen molar-refractivity contribution in [2.45, 2.75) is 13.3 Å². The molecule has 2 aromatic carbocycles. The number of aryl methyl sites for hydroxylation is 1. The summed E-state index contributed by atoms with van der Waals surface area (Å²) >= 11 is 12.5. The first kappa shape index (κ1) is 18.6. The van der Waals surface area contributed by atoms with E-state index in [2.05, 4.69) is 21.5 Å². The zero-order chi connectivity index (χ0) is 19.7. The highest BCUT2D eigenvalue weighted by molar-refractivity contribution is 6.39. The number of aromatic nitrogens is 2. The summed E-state index contributed by atoms with van der Waals surface area (Å²) < 4.78 is 5.25. The molecule has 0 aliphatic heterocycles. The second kappa shape index (κ2) is 7.70. The van der Waals surface area contributed by atoms with Crippen LogP contribution in [0, 0.1) is 6.92 Å². The predicted molar refractivity (Wildman–Crippen MR) is 111 cm³/mol. The number of carbonyl (C=O) groups excluding carboxylic acids is 1.